The summed E-state index contributed by atoms with van der Waals surface area (Å²) in [5, 5.41) is 2.77. The Hall–Kier alpha value is -1.19. The highest BCUT2D eigenvalue weighted by atomic mass is 19.3. The van der Waals surface area contributed by atoms with E-state index >= 15 is 0 Å². The number of anilines is 1. The lowest BCUT2D eigenvalue weighted by Crippen LogP contribution is -2.24. The highest BCUT2D eigenvalue weighted by molar-refractivity contribution is 5.54. The van der Waals surface area contributed by atoms with Crippen molar-refractivity contribution in [2.75, 3.05) is 5.32 Å². The topological polar surface area (TPSA) is 24.9 Å². The van der Waals surface area contributed by atoms with E-state index in [-0.39, 0.29) is 0 Å². The molecule has 78 valence electrons. The smallest absolute Gasteiger partial charge is 0.258 e. The molecule has 0 amide bonds. The summed E-state index contributed by atoms with van der Waals surface area (Å²) in [6.07, 6.45) is -0.697. The maximum atomic E-state index is 12.3. The van der Waals surface area contributed by atoms with E-state index in [0.717, 1.165) is 11.3 Å². The van der Waals surface area contributed by atoms with Gasteiger partial charge in [-0.1, -0.05) is 0 Å². The number of nitrogens with one attached hydrogen (secondary N) is 1. The van der Waals surface area contributed by atoms with Gasteiger partial charge in [0.2, 0.25) is 0 Å². The molecule has 0 spiro atoms. The summed E-state index contributed by atoms with van der Waals surface area (Å²) in [6.45, 7) is 5.12. The lowest BCUT2D eigenvalue weighted by Gasteiger charge is -2.17. The van der Waals surface area contributed by atoms with E-state index in [4.69, 9.17) is 0 Å². The summed E-state index contributed by atoms with van der Waals surface area (Å²) in [6, 6.07) is 0.949. The Morgan fingerprint density at radius 1 is 1.36 bits per heavy atom. The van der Waals surface area contributed by atoms with Gasteiger partial charge >= 0.3 is 0 Å². The third-order valence-electron chi connectivity index (χ3n) is 2.10. The second-order valence-corrected chi connectivity index (χ2v) is 3.36. The van der Waals surface area contributed by atoms with E-state index < -0.39 is 12.5 Å². The van der Waals surface area contributed by atoms with Gasteiger partial charge in [-0.15, -0.1) is 0 Å². The average molecular weight is 200 g/mol. The molecule has 14 heavy (non-hydrogen) atoms. The van der Waals surface area contributed by atoms with Crippen LogP contribution in [0.1, 0.15) is 18.2 Å². The van der Waals surface area contributed by atoms with Crippen LogP contribution < -0.4 is 5.32 Å². The van der Waals surface area contributed by atoms with Crippen molar-refractivity contribution in [2.24, 2.45) is 0 Å². The van der Waals surface area contributed by atoms with E-state index in [0.29, 0.717) is 5.69 Å². The van der Waals surface area contributed by atoms with Gasteiger partial charge in [0.1, 0.15) is 0 Å². The first-order chi connectivity index (χ1) is 6.52. The quantitative estimate of drug-likeness (QED) is 0.811. The Morgan fingerprint density at radius 2 is 2.00 bits per heavy atom. The van der Waals surface area contributed by atoms with E-state index in [9.17, 15) is 8.78 Å². The molecule has 0 radical (unpaired) electrons. The Kier molecular flexibility index (Phi) is 3.38. The molecule has 0 aliphatic heterocycles. The molecule has 0 aliphatic rings. The van der Waals surface area contributed by atoms with Gasteiger partial charge in [-0.2, -0.15) is 0 Å². The Balaban J connectivity index is 2.85. The average Bonchev–Trinajstić information content (AvgIpc) is 2.11. The molecule has 1 aromatic heterocycles. The van der Waals surface area contributed by atoms with E-state index in [1.807, 2.05) is 6.92 Å². The molecule has 1 aromatic rings. The maximum absolute atomic E-state index is 12.3. The van der Waals surface area contributed by atoms with Crippen LogP contribution >= 0.6 is 0 Å². The minimum atomic E-state index is -2.37. The second-order valence-electron chi connectivity index (χ2n) is 3.36. The molecule has 0 fully saturated rings. The van der Waals surface area contributed by atoms with Gasteiger partial charge in [-0.05, 0) is 32.4 Å². The van der Waals surface area contributed by atoms with Crippen molar-refractivity contribution < 1.29 is 8.78 Å². The molecule has 1 N–H and O–H groups in total. The van der Waals surface area contributed by atoms with Crippen LogP contribution in [0.5, 0.6) is 0 Å². The van der Waals surface area contributed by atoms with E-state index in [2.05, 4.69) is 10.3 Å². The van der Waals surface area contributed by atoms with Gasteiger partial charge in [0.05, 0.1) is 17.4 Å². The van der Waals surface area contributed by atoms with Crippen LogP contribution in [-0.4, -0.2) is 17.5 Å². The zero-order chi connectivity index (χ0) is 10.7. The number of halogens is 2. The van der Waals surface area contributed by atoms with Crippen molar-refractivity contribution in [1.82, 2.24) is 4.98 Å². The van der Waals surface area contributed by atoms with Crippen molar-refractivity contribution in [2.45, 2.75) is 33.2 Å². The number of hydrogen-bond acceptors (Lipinski definition) is 2. The summed E-state index contributed by atoms with van der Waals surface area (Å²) in [5.41, 5.74) is 2.39. The summed E-state index contributed by atoms with van der Waals surface area (Å²) < 4.78 is 24.6. The number of alkyl halides is 2. The van der Waals surface area contributed by atoms with Crippen molar-refractivity contribution in [3.8, 4) is 0 Å². The van der Waals surface area contributed by atoms with Gasteiger partial charge < -0.3 is 5.32 Å². The van der Waals surface area contributed by atoms with Crippen LogP contribution in [0, 0.1) is 13.8 Å². The zero-order valence-corrected chi connectivity index (χ0v) is 8.51. The summed E-state index contributed by atoms with van der Waals surface area (Å²) in [5.74, 6) is 0. The SMILES string of the molecule is Cc1ccnc(C)c1NC(C)C(F)F. The highest BCUT2D eigenvalue weighted by Gasteiger charge is 2.15. The van der Waals surface area contributed by atoms with E-state index in [1.54, 1.807) is 19.2 Å². The fourth-order valence-corrected chi connectivity index (χ4v) is 1.20. The van der Waals surface area contributed by atoms with Crippen LogP contribution in [0.2, 0.25) is 0 Å². The molecule has 1 heterocycles. The van der Waals surface area contributed by atoms with Gasteiger partial charge in [-0.3, -0.25) is 4.98 Å². The molecule has 0 saturated heterocycles. The first-order valence-electron chi connectivity index (χ1n) is 4.49. The van der Waals surface area contributed by atoms with Crippen molar-refractivity contribution >= 4 is 5.69 Å². The predicted octanol–water partition coefficient (Wildman–Crippen LogP) is 2.76. The predicted molar refractivity (Wildman–Crippen MR) is 52.8 cm³/mol. The van der Waals surface area contributed by atoms with Crippen LogP contribution in [0.4, 0.5) is 14.5 Å². The zero-order valence-electron chi connectivity index (χ0n) is 8.51. The monoisotopic (exact) mass is 200 g/mol. The number of hydrogen-bond donors (Lipinski definition) is 1. The molecule has 1 unspecified atom stereocenters. The Morgan fingerprint density at radius 3 is 2.50 bits per heavy atom. The first kappa shape index (κ1) is 10.9. The lowest BCUT2D eigenvalue weighted by molar-refractivity contribution is 0.130. The molecule has 0 aromatic carbocycles. The van der Waals surface area contributed by atoms with Gasteiger partial charge in [0, 0.05) is 6.20 Å². The number of pyridine rings is 1. The summed E-state index contributed by atoms with van der Waals surface area (Å²) in [7, 11) is 0. The minimum absolute atomic E-state index is 0.709. The fourth-order valence-electron chi connectivity index (χ4n) is 1.20. The highest BCUT2D eigenvalue weighted by Crippen LogP contribution is 2.19. The van der Waals surface area contributed by atoms with Crippen molar-refractivity contribution in [3.63, 3.8) is 0 Å². The van der Waals surface area contributed by atoms with Crippen LogP contribution in [-0.2, 0) is 0 Å². The molecular formula is C10H14F2N2. The van der Waals surface area contributed by atoms with Crippen LogP contribution in [0.3, 0.4) is 0 Å². The lowest BCUT2D eigenvalue weighted by atomic mass is 10.2. The second kappa shape index (κ2) is 4.35. The third-order valence-corrected chi connectivity index (χ3v) is 2.10. The molecule has 1 rings (SSSR count). The molecule has 1 atom stereocenters. The van der Waals surface area contributed by atoms with E-state index in [1.165, 1.54) is 6.92 Å². The van der Waals surface area contributed by atoms with Crippen LogP contribution in [0.15, 0.2) is 12.3 Å². The molecule has 0 aliphatic carbocycles. The van der Waals surface area contributed by atoms with Gasteiger partial charge in [-0.25, -0.2) is 8.78 Å². The normalized spacial score (nSPS) is 13.0. The minimum Gasteiger partial charge on any atom is -0.375 e. The van der Waals surface area contributed by atoms with Crippen LogP contribution in [0.25, 0.3) is 0 Å². The number of aryl methyl sites for hydroxylation is 2. The molecule has 0 bridgehead atoms. The molecular weight excluding hydrogens is 186 g/mol. The molecule has 2 nitrogen and oxygen atoms in total. The van der Waals surface area contributed by atoms with Crippen molar-refractivity contribution in [3.05, 3.63) is 23.5 Å². The number of nitrogens with zero attached hydrogens (tertiary/aromatic N) is 1. The summed E-state index contributed by atoms with van der Waals surface area (Å²) >= 11 is 0. The molecule has 4 heteroatoms. The standard InChI is InChI=1S/C10H14F2N2/c1-6-4-5-13-7(2)9(6)14-8(3)10(11)12/h4-5,8,10,14H,1-3H3. The molecule has 0 saturated carbocycles. The number of aromatic nitrogens is 1. The maximum Gasteiger partial charge on any atom is 0.258 e. The first-order valence-corrected chi connectivity index (χ1v) is 4.49. The summed E-state index contributed by atoms with van der Waals surface area (Å²) in [4.78, 5) is 4.04. The largest absolute Gasteiger partial charge is 0.375 e. The van der Waals surface area contributed by atoms with Gasteiger partial charge in [0.15, 0.2) is 0 Å². The fraction of sp³-hybridized carbons (Fsp3) is 0.500. The van der Waals surface area contributed by atoms with Crippen molar-refractivity contribution in [1.29, 1.82) is 0 Å². The number of rotatable bonds is 3. The Labute approximate surface area is 82.4 Å². The van der Waals surface area contributed by atoms with Gasteiger partial charge in [0.25, 0.3) is 6.43 Å². The Bertz CT molecular complexity index is 293. The third kappa shape index (κ3) is 2.40.